The molecule has 3 aromatic rings. The van der Waals surface area contributed by atoms with E-state index in [9.17, 15) is 9.59 Å². The molecular formula is C33H41N5O3S. The van der Waals surface area contributed by atoms with E-state index in [0.29, 0.717) is 29.4 Å². The Morgan fingerprint density at radius 2 is 1.57 bits per heavy atom. The quantitative estimate of drug-likeness (QED) is 0.269. The number of thioether (sulfide) groups is 1. The Balaban J connectivity index is 1.25. The second-order valence-corrected chi connectivity index (χ2v) is 11.7. The number of nitrogens with zero attached hydrogens (tertiary/aromatic N) is 2. The van der Waals surface area contributed by atoms with Gasteiger partial charge in [-0.15, -0.1) is 11.8 Å². The first-order chi connectivity index (χ1) is 20.6. The van der Waals surface area contributed by atoms with Gasteiger partial charge in [0.1, 0.15) is 0 Å². The van der Waals surface area contributed by atoms with Crippen LogP contribution in [0.25, 0.3) is 0 Å². The van der Waals surface area contributed by atoms with Crippen molar-refractivity contribution in [2.24, 2.45) is 5.92 Å². The van der Waals surface area contributed by atoms with E-state index >= 15 is 0 Å². The van der Waals surface area contributed by atoms with Crippen molar-refractivity contribution in [1.82, 2.24) is 10.2 Å². The number of morpholine rings is 1. The van der Waals surface area contributed by atoms with Gasteiger partial charge in [0, 0.05) is 61.2 Å². The maximum atomic E-state index is 13.5. The summed E-state index contributed by atoms with van der Waals surface area (Å²) in [7, 11) is 0. The van der Waals surface area contributed by atoms with Gasteiger partial charge in [-0.05, 0) is 79.5 Å². The highest BCUT2D eigenvalue weighted by atomic mass is 32.2. The maximum absolute atomic E-state index is 13.5. The molecule has 0 spiro atoms. The fourth-order valence-corrected chi connectivity index (χ4v) is 6.02. The maximum Gasteiger partial charge on any atom is 0.323 e. The molecule has 0 radical (unpaired) electrons. The zero-order valence-electron chi connectivity index (χ0n) is 24.3. The van der Waals surface area contributed by atoms with Gasteiger partial charge in [0.25, 0.3) is 5.91 Å². The molecule has 2 aliphatic rings. The number of carbonyl (C=O) groups is 2. The average Bonchev–Trinajstić information content (AvgIpc) is 3.03. The number of carbonyl (C=O) groups excluding carboxylic acids is 2. The van der Waals surface area contributed by atoms with E-state index in [1.54, 1.807) is 17.8 Å². The number of ether oxygens (including phenoxy) is 1. The highest BCUT2D eigenvalue weighted by molar-refractivity contribution is 7.98. The molecule has 2 heterocycles. The van der Waals surface area contributed by atoms with Crippen LogP contribution in [0.5, 0.6) is 0 Å². The Morgan fingerprint density at radius 1 is 0.881 bits per heavy atom. The van der Waals surface area contributed by atoms with Crippen LogP contribution in [0.2, 0.25) is 0 Å². The fraction of sp³-hybridized carbons (Fsp3) is 0.394. The smallest absolute Gasteiger partial charge is 0.323 e. The summed E-state index contributed by atoms with van der Waals surface area (Å²) in [6.07, 6.45) is 5.25. The van der Waals surface area contributed by atoms with Gasteiger partial charge in [0.2, 0.25) is 0 Å². The van der Waals surface area contributed by atoms with E-state index in [-0.39, 0.29) is 11.9 Å². The van der Waals surface area contributed by atoms with E-state index in [4.69, 9.17) is 4.74 Å². The normalized spacial score (nSPS) is 16.2. The minimum absolute atomic E-state index is 0.124. The third kappa shape index (κ3) is 8.50. The van der Waals surface area contributed by atoms with Crippen molar-refractivity contribution in [3.05, 3.63) is 83.9 Å². The standard InChI is InChI=1S/C33H41N5O3S/c1-42-29-10-7-27(8-11-29)35-33(40)36-28-9-12-31(30(24-28)32(39)34-15-18-37-19-21-41-22-20-37)38-16-13-26(14-17-38)23-25-5-3-2-4-6-25/h2-12,24,26H,13-23H2,1H3,(H,34,39)(H2,35,36,40). The molecule has 0 aromatic heterocycles. The van der Waals surface area contributed by atoms with Gasteiger partial charge in [0.05, 0.1) is 18.8 Å². The van der Waals surface area contributed by atoms with Crippen LogP contribution < -0.4 is 20.9 Å². The van der Waals surface area contributed by atoms with Crippen LogP contribution >= 0.6 is 11.8 Å². The summed E-state index contributed by atoms with van der Waals surface area (Å²) < 4.78 is 5.44. The summed E-state index contributed by atoms with van der Waals surface area (Å²) in [5.41, 5.74) is 4.16. The molecule has 2 fully saturated rings. The number of anilines is 3. The third-order valence-corrected chi connectivity index (χ3v) is 8.73. The van der Waals surface area contributed by atoms with Crippen LogP contribution in [0.15, 0.2) is 77.7 Å². The van der Waals surface area contributed by atoms with Crippen molar-refractivity contribution < 1.29 is 14.3 Å². The Labute approximate surface area is 253 Å². The summed E-state index contributed by atoms with van der Waals surface area (Å²) in [6, 6.07) is 23.7. The lowest BCUT2D eigenvalue weighted by Gasteiger charge is -2.35. The molecule has 5 rings (SSSR count). The monoisotopic (exact) mass is 587 g/mol. The van der Waals surface area contributed by atoms with Gasteiger partial charge in [-0.2, -0.15) is 0 Å². The lowest BCUT2D eigenvalue weighted by Crippen LogP contribution is -2.41. The highest BCUT2D eigenvalue weighted by Crippen LogP contribution is 2.30. The minimum atomic E-state index is -0.347. The van der Waals surface area contributed by atoms with Gasteiger partial charge in [0.15, 0.2) is 0 Å². The number of piperidine rings is 1. The Morgan fingerprint density at radius 3 is 2.29 bits per heavy atom. The zero-order valence-corrected chi connectivity index (χ0v) is 25.1. The summed E-state index contributed by atoms with van der Waals surface area (Å²) in [5.74, 6) is 0.505. The molecular weight excluding hydrogens is 546 g/mol. The molecule has 8 nitrogen and oxygen atoms in total. The molecule has 9 heteroatoms. The molecule has 222 valence electrons. The van der Waals surface area contributed by atoms with Crippen molar-refractivity contribution in [3.63, 3.8) is 0 Å². The molecule has 0 atom stereocenters. The van der Waals surface area contributed by atoms with E-state index < -0.39 is 0 Å². The van der Waals surface area contributed by atoms with Gasteiger partial charge < -0.3 is 25.6 Å². The number of rotatable bonds is 10. The van der Waals surface area contributed by atoms with Crippen LogP contribution in [0.4, 0.5) is 21.9 Å². The van der Waals surface area contributed by atoms with Crippen LogP contribution in [0, 0.1) is 5.92 Å². The molecule has 3 amide bonds. The van der Waals surface area contributed by atoms with E-state index in [1.165, 1.54) is 5.56 Å². The number of hydrogen-bond acceptors (Lipinski definition) is 6. The Kier molecular flexibility index (Phi) is 10.8. The summed E-state index contributed by atoms with van der Waals surface area (Å²) in [5, 5.41) is 8.91. The molecule has 0 saturated carbocycles. The number of nitrogens with one attached hydrogen (secondary N) is 3. The summed E-state index contributed by atoms with van der Waals surface area (Å²) in [6.45, 7) is 6.36. The van der Waals surface area contributed by atoms with Crippen molar-refractivity contribution in [2.75, 3.05) is 74.3 Å². The minimum Gasteiger partial charge on any atom is -0.379 e. The number of hydrogen-bond donors (Lipinski definition) is 3. The zero-order chi connectivity index (χ0) is 29.1. The van der Waals surface area contributed by atoms with Gasteiger partial charge in [-0.25, -0.2) is 4.79 Å². The van der Waals surface area contributed by atoms with Gasteiger partial charge >= 0.3 is 6.03 Å². The van der Waals surface area contributed by atoms with Crippen molar-refractivity contribution in [1.29, 1.82) is 0 Å². The van der Waals surface area contributed by atoms with E-state index in [1.807, 2.05) is 42.7 Å². The second-order valence-electron chi connectivity index (χ2n) is 10.9. The van der Waals surface area contributed by atoms with Crippen LogP contribution in [-0.4, -0.2) is 75.6 Å². The molecule has 3 aromatic carbocycles. The largest absolute Gasteiger partial charge is 0.379 e. The van der Waals surface area contributed by atoms with E-state index in [0.717, 1.165) is 75.8 Å². The highest BCUT2D eigenvalue weighted by Gasteiger charge is 2.24. The van der Waals surface area contributed by atoms with Crippen molar-refractivity contribution >= 4 is 40.8 Å². The van der Waals surface area contributed by atoms with Gasteiger partial charge in [-0.3, -0.25) is 9.69 Å². The lowest BCUT2D eigenvalue weighted by atomic mass is 9.89. The Hall–Kier alpha value is -3.53. The van der Waals surface area contributed by atoms with Crippen LogP contribution in [0.3, 0.4) is 0 Å². The predicted molar refractivity (Wildman–Crippen MR) is 172 cm³/mol. The van der Waals surface area contributed by atoms with Crippen molar-refractivity contribution in [2.45, 2.75) is 24.2 Å². The first-order valence-corrected chi connectivity index (χ1v) is 16.0. The number of benzene rings is 3. The average molecular weight is 588 g/mol. The summed E-state index contributed by atoms with van der Waals surface area (Å²) >= 11 is 1.65. The molecule has 3 N–H and O–H groups in total. The van der Waals surface area contributed by atoms with Crippen LogP contribution in [-0.2, 0) is 11.2 Å². The number of amides is 3. The van der Waals surface area contributed by atoms with Crippen LogP contribution in [0.1, 0.15) is 28.8 Å². The molecule has 0 bridgehead atoms. The molecule has 42 heavy (non-hydrogen) atoms. The summed E-state index contributed by atoms with van der Waals surface area (Å²) in [4.78, 5) is 32.1. The first kappa shape index (κ1) is 29.9. The lowest BCUT2D eigenvalue weighted by molar-refractivity contribution is 0.0383. The molecule has 0 unspecified atom stereocenters. The molecule has 2 aliphatic heterocycles. The van der Waals surface area contributed by atoms with E-state index in [2.05, 4.69) is 56.1 Å². The van der Waals surface area contributed by atoms with Crippen molar-refractivity contribution in [3.8, 4) is 0 Å². The van der Waals surface area contributed by atoms with Gasteiger partial charge in [-0.1, -0.05) is 30.3 Å². The Bertz CT molecular complexity index is 1310. The molecule has 0 aliphatic carbocycles. The second kappa shape index (κ2) is 15.1. The number of urea groups is 1. The first-order valence-electron chi connectivity index (χ1n) is 14.8. The predicted octanol–water partition coefficient (Wildman–Crippen LogP) is 5.57. The SMILES string of the molecule is CSc1ccc(NC(=O)Nc2ccc(N3CCC(Cc4ccccc4)CC3)c(C(=O)NCCN3CCOCC3)c2)cc1. The topological polar surface area (TPSA) is 85.9 Å². The molecule has 2 saturated heterocycles. The fourth-order valence-electron chi connectivity index (χ4n) is 5.61. The third-order valence-electron chi connectivity index (χ3n) is 7.99.